The van der Waals surface area contributed by atoms with Crippen LogP contribution >= 0.6 is 11.3 Å². The summed E-state index contributed by atoms with van der Waals surface area (Å²) in [5.41, 5.74) is 0. The molecule has 2 aromatic rings. The fraction of sp³-hybridized carbons (Fsp3) is 0.588. The van der Waals surface area contributed by atoms with Gasteiger partial charge in [0.15, 0.2) is 0 Å². The van der Waals surface area contributed by atoms with Crippen LogP contribution in [-0.2, 0) is 17.9 Å². The molecule has 128 valence electrons. The minimum atomic E-state index is 0.274. The lowest BCUT2D eigenvalue weighted by atomic mass is 10.2. The van der Waals surface area contributed by atoms with E-state index in [0.29, 0.717) is 18.6 Å². The van der Waals surface area contributed by atoms with Crippen LogP contribution in [0.3, 0.4) is 0 Å². The highest BCUT2D eigenvalue weighted by Gasteiger charge is 2.35. The lowest BCUT2D eigenvalue weighted by molar-refractivity contribution is -0.133. The predicted molar refractivity (Wildman–Crippen MR) is 92.5 cm³/mol. The molecule has 1 amide bonds. The summed E-state index contributed by atoms with van der Waals surface area (Å²) in [6.07, 6.45) is 7.91. The maximum Gasteiger partial charge on any atom is 0.237 e. The molecule has 2 aliphatic rings. The van der Waals surface area contributed by atoms with Crippen molar-refractivity contribution in [3.05, 3.63) is 35.0 Å². The Bertz CT molecular complexity index is 653. The van der Waals surface area contributed by atoms with E-state index in [0.717, 1.165) is 45.3 Å². The molecule has 0 bridgehead atoms. The summed E-state index contributed by atoms with van der Waals surface area (Å²) in [6, 6.07) is 5.02. The summed E-state index contributed by atoms with van der Waals surface area (Å²) >= 11 is 1.73. The van der Waals surface area contributed by atoms with Crippen LogP contribution in [-0.4, -0.2) is 55.6 Å². The Labute approximate surface area is 146 Å². The molecule has 1 aliphatic heterocycles. The summed E-state index contributed by atoms with van der Waals surface area (Å²) < 4.78 is 1.87. The van der Waals surface area contributed by atoms with Crippen molar-refractivity contribution in [2.75, 3.05) is 13.1 Å². The van der Waals surface area contributed by atoms with Crippen LogP contribution in [0.1, 0.15) is 30.6 Å². The Morgan fingerprint density at radius 1 is 1.38 bits per heavy atom. The van der Waals surface area contributed by atoms with Gasteiger partial charge in [0.2, 0.25) is 5.91 Å². The molecule has 1 unspecified atom stereocenters. The smallest absolute Gasteiger partial charge is 0.237 e. The Morgan fingerprint density at radius 3 is 3.00 bits per heavy atom. The lowest BCUT2D eigenvalue weighted by Gasteiger charge is -2.28. The highest BCUT2D eigenvalue weighted by atomic mass is 32.1. The first-order valence-electron chi connectivity index (χ1n) is 8.68. The maximum absolute atomic E-state index is 12.9. The summed E-state index contributed by atoms with van der Waals surface area (Å²) in [4.78, 5) is 22.6. The second-order valence-corrected chi connectivity index (χ2v) is 7.75. The SMILES string of the molecule is O=C(CN1CCCC1Cn1cncn1)N(Cc1cccs1)C1CC1. The molecule has 4 rings (SSSR count). The largest absolute Gasteiger partial charge is 0.333 e. The third-order valence-electron chi connectivity index (χ3n) is 4.92. The molecule has 3 heterocycles. The van der Waals surface area contributed by atoms with Crippen LogP contribution in [0.25, 0.3) is 0 Å². The van der Waals surface area contributed by atoms with Crippen LogP contribution in [0.15, 0.2) is 30.2 Å². The predicted octanol–water partition coefficient (Wildman–Crippen LogP) is 2.00. The third kappa shape index (κ3) is 3.67. The molecule has 2 fully saturated rings. The van der Waals surface area contributed by atoms with Gasteiger partial charge >= 0.3 is 0 Å². The van der Waals surface area contributed by atoms with Crippen molar-refractivity contribution in [2.24, 2.45) is 0 Å². The molecule has 0 radical (unpaired) electrons. The molecule has 1 saturated heterocycles. The molecule has 1 aliphatic carbocycles. The van der Waals surface area contributed by atoms with Crippen LogP contribution in [0.5, 0.6) is 0 Å². The van der Waals surface area contributed by atoms with Crippen LogP contribution in [0.2, 0.25) is 0 Å². The minimum absolute atomic E-state index is 0.274. The van der Waals surface area contributed by atoms with E-state index < -0.39 is 0 Å². The fourth-order valence-corrected chi connectivity index (χ4v) is 4.20. The molecule has 0 N–H and O–H groups in total. The first-order valence-corrected chi connectivity index (χ1v) is 9.56. The van der Waals surface area contributed by atoms with Gasteiger partial charge in [-0.3, -0.25) is 14.4 Å². The molecule has 7 heteroatoms. The zero-order valence-electron chi connectivity index (χ0n) is 13.8. The van der Waals surface area contributed by atoms with Gasteiger partial charge in [-0.15, -0.1) is 11.3 Å². The van der Waals surface area contributed by atoms with Crippen LogP contribution in [0, 0.1) is 0 Å². The van der Waals surface area contributed by atoms with Crippen molar-refractivity contribution in [3.63, 3.8) is 0 Å². The molecule has 0 aromatic carbocycles. The maximum atomic E-state index is 12.9. The van der Waals surface area contributed by atoms with Gasteiger partial charge in [-0.05, 0) is 43.7 Å². The van der Waals surface area contributed by atoms with Crippen molar-refractivity contribution in [3.8, 4) is 0 Å². The number of amides is 1. The average molecular weight is 345 g/mol. The van der Waals surface area contributed by atoms with Gasteiger partial charge in [0.1, 0.15) is 12.7 Å². The Kier molecular flexibility index (Phi) is 4.62. The number of hydrogen-bond acceptors (Lipinski definition) is 5. The molecule has 6 nitrogen and oxygen atoms in total. The molecule has 1 atom stereocenters. The number of nitrogens with zero attached hydrogens (tertiary/aromatic N) is 5. The summed E-state index contributed by atoms with van der Waals surface area (Å²) in [5, 5.41) is 6.28. The topological polar surface area (TPSA) is 54.3 Å². The second-order valence-electron chi connectivity index (χ2n) is 6.72. The lowest BCUT2D eigenvalue weighted by Crippen LogP contribution is -2.43. The van der Waals surface area contributed by atoms with Crippen molar-refractivity contribution in [1.82, 2.24) is 24.6 Å². The monoisotopic (exact) mass is 345 g/mol. The van der Waals surface area contributed by atoms with E-state index in [1.165, 1.54) is 4.88 Å². The van der Waals surface area contributed by atoms with Gasteiger partial charge in [-0.25, -0.2) is 4.98 Å². The zero-order chi connectivity index (χ0) is 16.4. The van der Waals surface area contributed by atoms with E-state index in [9.17, 15) is 4.79 Å². The van der Waals surface area contributed by atoms with Gasteiger partial charge in [0.05, 0.1) is 19.6 Å². The summed E-state index contributed by atoms with van der Waals surface area (Å²) in [6.45, 7) is 3.12. The van der Waals surface area contributed by atoms with Gasteiger partial charge in [0.25, 0.3) is 0 Å². The van der Waals surface area contributed by atoms with E-state index in [1.807, 2.05) is 4.68 Å². The van der Waals surface area contributed by atoms with Crippen LogP contribution in [0.4, 0.5) is 0 Å². The van der Waals surface area contributed by atoms with E-state index in [1.54, 1.807) is 24.0 Å². The Morgan fingerprint density at radius 2 is 2.29 bits per heavy atom. The Balaban J connectivity index is 1.38. The van der Waals surface area contributed by atoms with Gasteiger partial charge < -0.3 is 4.90 Å². The summed E-state index contributed by atoms with van der Waals surface area (Å²) in [5.74, 6) is 0.274. The van der Waals surface area contributed by atoms with Crippen LogP contribution < -0.4 is 0 Å². The van der Waals surface area contributed by atoms with Crippen molar-refractivity contribution >= 4 is 17.2 Å². The molecule has 24 heavy (non-hydrogen) atoms. The normalized spacial score (nSPS) is 21.2. The molecule has 0 spiro atoms. The third-order valence-corrected chi connectivity index (χ3v) is 5.78. The second kappa shape index (κ2) is 7.03. The molecular formula is C17H23N5OS. The first kappa shape index (κ1) is 15.8. The highest BCUT2D eigenvalue weighted by molar-refractivity contribution is 7.09. The standard InChI is InChI=1S/C17H23N5OS/c23-17(22(14-5-6-14)10-16-4-2-8-24-16)11-20-7-1-3-15(20)9-21-13-18-12-19-21/h2,4,8,12-15H,1,3,5-7,9-11H2. The van der Waals surface area contributed by atoms with E-state index in [2.05, 4.69) is 37.4 Å². The number of likely N-dealkylation sites (tertiary alicyclic amines) is 1. The average Bonchev–Trinajstić information content (AvgIpc) is 2.99. The van der Waals surface area contributed by atoms with Gasteiger partial charge in [-0.2, -0.15) is 5.10 Å². The fourth-order valence-electron chi connectivity index (χ4n) is 3.50. The Hall–Kier alpha value is -1.73. The van der Waals surface area contributed by atoms with Crippen molar-refractivity contribution in [1.29, 1.82) is 0 Å². The van der Waals surface area contributed by atoms with Gasteiger partial charge in [-0.1, -0.05) is 6.07 Å². The molecule has 2 aromatic heterocycles. The number of thiophene rings is 1. The zero-order valence-corrected chi connectivity index (χ0v) is 14.6. The van der Waals surface area contributed by atoms with Gasteiger partial charge in [0, 0.05) is 17.0 Å². The number of rotatable bonds is 7. The quantitative estimate of drug-likeness (QED) is 0.770. The number of carbonyl (C=O) groups excluding carboxylic acids is 1. The highest BCUT2D eigenvalue weighted by Crippen LogP contribution is 2.30. The van der Waals surface area contributed by atoms with Crippen molar-refractivity contribution in [2.45, 2.75) is 50.9 Å². The first-order chi connectivity index (χ1) is 11.8. The van der Waals surface area contributed by atoms with Crippen molar-refractivity contribution < 1.29 is 4.79 Å². The minimum Gasteiger partial charge on any atom is -0.333 e. The number of hydrogen-bond donors (Lipinski definition) is 0. The molecule has 1 saturated carbocycles. The number of aromatic nitrogens is 3. The van der Waals surface area contributed by atoms with E-state index >= 15 is 0 Å². The number of carbonyl (C=O) groups is 1. The molecular weight excluding hydrogens is 322 g/mol. The summed E-state index contributed by atoms with van der Waals surface area (Å²) in [7, 11) is 0. The van der Waals surface area contributed by atoms with E-state index in [4.69, 9.17) is 0 Å². The van der Waals surface area contributed by atoms with E-state index in [-0.39, 0.29) is 5.91 Å².